The van der Waals surface area contributed by atoms with Crippen LogP contribution in [0, 0.1) is 5.92 Å². The van der Waals surface area contributed by atoms with Gasteiger partial charge in [0.15, 0.2) is 0 Å². The van der Waals surface area contributed by atoms with Crippen molar-refractivity contribution in [3.63, 3.8) is 0 Å². The molecular weight excluding hydrogens is 360 g/mol. The number of hydrogen-bond acceptors (Lipinski definition) is 8. The Bertz CT molecular complexity index is 467. The molecule has 8 nitrogen and oxygen atoms in total. The monoisotopic (exact) mass is 392 g/mol. The van der Waals surface area contributed by atoms with E-state index < -0.39 is 42.0 Å². The summed E-state index contributed by atoms with van der Waals surface area (Å²) in [5.74, 6) is 0.196. The van der Waals surface area contributed by atoms with Gasteiger partial charge in [-0.05, 0) is 38.5 Å². The van der Waals surface area contributed by atoms with E-state index in [2.05, 4.69) is 17.6 Å². The Morgan fingerprint density at radius 2 is 2.00 bits per heavy atom. The van der Waals surface area contributed by atoms with Crippen LogP contribution in [0.25, 0.3) is 0 Å². The standard InChI is InChI=1S/C17H32N2O6S/c1-4-5-9-6-10(18-7-9)16(24)19-11(8(2)20)15-13(22)12(21)14(23)17(25-15)26-3/h8-15,17-18,20-23H,4-7H2,1-3H3,(H,19,24)/t8-,9-,10+,11-,12?,13-,14?,15-,17-/m1/s1. The number of aliphatic hydroxyl groups is 4. The molecule has 0 aromatic carbocycles. The van der Waals surface area contributed by atoms with Crippen molar-refractivity contribution < 1.29 is 30.0 Å². The van der Waals surface area contributed by atoms with E-state index in [9.17, 15) is 25.2 Å². The van der Waals surface area contributed by atoms with Crippen LogP contribution in [-0.2, 0) is 9.53 Å². The van der Waals surface area contributed by atoms with Crippen LogP contribution in [-0.4, -0.2) is 87.2 Å². The zero-order valence-electron chi connectivity index (χ0n) is 15.5. The number of nitrogens with one attached hydrogen (secondary N) is 2. The molecule has 2 rings (SSSR count). The van der Waals surface area contributed by atoms with Gasteiger partial charge in [-0.1, -0.05) is 13.3 Å². The molecule has 0 spiro atoms. The molecule has 2 aliphatic heterocycles. The van der Waals surface area contributed by atoms with Gasteiger partial charge in [0.1, 0.15) is 29.9 Å². The van der Waals surface area contributed by atoms with Crippen molar-refractivity contribution in [3.8, 4) is 0 Å². The van der Waals surface area contributed by atoms with Gasteiger partial charge in [-0.25, -0.2) is 0 Å². The first-order valence-electron chi connectivity index (χ1n) is 9.24. The van der Waals surface area contributed by atoms with Crippen molar-refractivity contribution in [2.24, 2.45) is 5.92 Å². The van der Waals surface area contributed by atoms with Crippen LogP contribution in [0.4, 0.5) is 0 Å². The zero-order valence-corrected chi connectivity index (χ0v) is 16.4. The second kappa shape index (κ2) is 9.68. The van der Waals surface area contributed by atoms with Gasteiger partial charge in [0.2, 0.25) is 5.91 Å². The van der Waals surface area contributed by atoms with Crippen molar-refractivity contribution in [3.05, 3.63) is 0 Å². The first kappa shape index (κ1) is 21.9. The highest BCUT2D eigenvalue weighted by Crippen LogP contribution is 2.29. The van der Waals surface area contributed by atoms with E-state index in [1.807, 2.05) is 0 Å². The van der Waals surface area contributed by atoms with Gasteiger partial charge in [-0.3, -0.25) is 4.79 Å². The summed E-state index contributed by atoms with van der Waals surface area (Å²) in [4.78, 5) is 12.6. The van der Waals surface area contributed by atoms with E-state index in [-0.39, 0.29) is 11.9 Å². The van der Waals surface area contributed by atoms with E-state index in [1.165, 1.54) is 18.7 Å². The Morgan fingerprint density at radius 3 is 2.58 bits per heavy atom. The van der Waals surface area contributed by atoms with Crippen molar-refractivity contribution in [2.75, 3.05) is 12.8 Å². The lowest BCUT2D eigenvalue weighted by Crippen LogP contribution is -2.65. The van der Waals surface area contributed by atoms with Crippen LogP contribution < -0.4 is 10.6 Å². The number of amides is 1. The molecule has 26 heavy (non-hydrogen) atoms. The van der Waals surface area contributed by atoms with Gasteiger partial charge in [0.25, 0.3) is 0 Å². The second-order valence-electron chi connectivity index (χ2n) is 7.30. The van der Waals surface area contributed by atoms with Crippen LogP contribution in [0.1, 0.15) is 33.1 Å². The third-order valence-electron chi connectivity index (χ3n) is 5.26. The number of rotatable bonds is 7. The Morgan fingerprint density at radius 1 is 1.31 bits per heavy atom. The van der Waals surface area contributed by atoms with Gasteiger partial charge in [0.05, 0.1) is 18.2 Å². The molecule has 2 unspecified atom stereocenters. The Balaban J connectivity index is 2.05. The van der Waals surface area contributed by atoms with Crippen LogP contribution in [0.15, 0.2) is 0 Å². The number of hydrogen-bond donors (Lipinski definition) is 6. The summed E-state index contributed by atoms with van der Waals surface area (Å²) >= 11 is 1.19. The summed E-state index contributed by atoms with van der Waals surface area (Å²) in [7, 11) is 0. The lowest BCUT2D eigenvalue weighted by molar-refractivity contribution is -0.211. The molecule has 0 radical (unpaired) electrons. The Labute approximate surface area is 158 Å². The molecule has 0 aromatic rings. The molecule has 0 saturated carbocycles. The second-order valence-corrected chi connectivity index (χ2v) is 8.24. The van der Waals surface area contributed by atoms with Crippen molar-refractivity contribution in [1.29, 1.82) is 0 Å². The van der Waals surface area contributed by atoms with Crippen molar-refractivity contribution in [2.45, 2.75) is 81.1 Å². The largest absolute Gasteiger partial charge is 0.391 e. The summed E-state index contributed by atoms with van der Waals surface area (Å²) in [6, 6.07) is -1.25. The predicted molar refractivity (Wildman–Crippen MR) is 98.6 cm³/mol. The minimum atomic E-state index is -1.42. The molecule has 2 saturated heterocycles. The maximum absolute atomic E-state index is 12.6. The van der Waals surface area contributed by atoms with E-state index >= 15 is 0 Å². The molecule has 2 fully saturated rings. The van der Waals surface area contributed by atoms with Gasteiger partial charge >= 0.3 is 0 Å². The minimum absolute atomic E-state index is 0.258. The predicted octanol–water partition coefficient (Wildman–Crippen LogP) is -1.20. The first-order chi connectivity index (χ1) is 12.3. The molecular formula is C17H32N2O6S. The number of aliphatic hydroxyl groups excluding tert-OH is 4. The summed E-state index contributed by atoms with van der Waals surface area (Å²) in [5.41, 5.74) is -0.755. The normalized spacial score (nSPS) is 40.2. The topological polar surface area (TPSA) is 131 Å². The van der Waals surface area contributed by atoms with E-state index in [0.29, 0.717) is 5.92 Å². The van der Waals surface area contributed by atoms with Gasteiger partial charge in [-0.2, -0.15) is 0 Å². The van der Waals surface area contributed by atoms with E-state index in [4.69, 9.17) is 4.74 Å². The molecule has 0 aliphatic carbocycles. The van der Waals surface area contributed by atoms with Crippen LogP contribution >= 0.6 is 11.8 Å². The maximum atomic E-state index is 12.6. The number of thioether (sulfide) groups is 1. The van der Waals surface area contributed by atoms with Crippen molar-refractivity contribution >= 4 is 17.7 Å². The highest BCUT2D eigenvalue weighted by atomic mass is 32.2. The maximum Gasteiger partial charge on any atom is 0.237 e. The van der Waals surface area contributed by atoms with Crippen molar-refractivity contribution in [1.82, 2.24) is 10.6 Å². The molecule has 152 valence electrons. The Hall–Kier alpha value is -0.420. The lowest BCUT2D eigenvalue weighted by Gasteiger charge is -2.44. The zero-order chi connectivity index (χ0) is 19.4. The highest BCUT2D eigenvalue weighted by Gasteiger charge is 2.48. The molecule has 1 amide bonds. The molecule has 0 bridgehead atoms. The first-order valence-corrected chi connectivity index (χ1v) is 10.5. The van der Waals surface area contributed by atoms with Crippen LogP contribution in [0.3, 0.4) is 0 Å². The van der Waals surface area contributed by atoms with Crippen LogP contribution in [0.2, 0.25) is 0 Å². The molecule has 6 N–H and O–H groups in total. The molecule has 2 heterocycles. The van der Waals surface area contributed by atoms with E-state index in [1.54, 1.807) is 6.26 Å². The lowest BCUT2D eigenvalue weighted by atomic mass is 9.92. The van der Waals surface area contributed by atoms with Gasteiger partial charge < -0.3 is 35.8 Å². The van der Waals surface area contributed by atoms with Crippen LogP contribution in [0.5, 0.6) is 0 Å². The fraction of sp³-hybridized carbons (Fsp3) is 0.941. The fourth-order valence-corrected chi connectivity index (χ4v) is 4.42. The van der Waals surface area contributed by atoms with Gasteiger partial charge in [0, 0.05) is 0 Å². The summed E-state index contributed by atoms with van der Waals surface area (Å²) in [6.07, 6.45) is -1.54. The average Bonchev–Trinajstić information content (AvgIpc) is 3.07. The summed E-state index contributed by atoms with van der Waals surface area (Å²) < 4.78 is 5.69. The molecule has 0 aromatic heterocycles. The number of carbonyl (C=O) groups is 1. The molecule has 9 atom stereocenters. The molecule has 2 aliphatic rings. The third kappa shape index (κ3) is 4.89. The highest BCUT2D eigenvalue weighted by molar-refractivity contribution is 7.99. The SMILES string of the molecule is CCC[C@H]1CN[C@H](C(=O)N[C@@H]([C@H]2O[C@H](SC)C(O)C(O)[C@H]2O)[C@@H](C)O)C1. The Kier molecular flexibility index (Phi) is 8.14. The summed E-state index contributed by atoms with van der Waals surface area (Å²) in [6.45, 7) is 4.39. The number of carbonyl (C=O) groups excluding carboxylic acids is 1. The fourth-order valence-electron chi connectivity index (χ4n) is 3.74. The van der Waals surface area contributed by atoms with Gasteiger partial charge in [-0.15, -0.1) is 11.8 Å². The quantitative estimate of drug-likeness (QED) is 0.319. The number of ether oxygens (including phenoxy) is 1. The minimum Gasteiger partial charge on any atom is -0.391 e. The molecule has 9 heteroatoms. The average molecular weight is 393 g/mol. The summed E-state index contributed by atoms with van der Waals surface area (Å²) in [5, 5.41) is 46.5. The van der Waals surface area contributed by atoms with E-state index in [0.717, 1.165) is 25.8 Å². The third-order valence-corrected chi connectivity index (χ3v) is 6.11. The smallest absolute Gasteiger partial charge is 0.237 e.